The Hall–Kier alpha value is -3.32. The highest BCUT2D eigenvalue weighted by Crippen LogP contribution is 2.28. The van der Waals surface area contributed by atoms with Crippen molar-refractivity contribution in [1.82, 2.24) is 25.1 Å². The zero-order chi connectivity index (χ0) is 17.8. The Morgan fingerprint density at radius 2 is 2.04 bits per heavy atom. The van der Waals surface area contributed by atoms with Crippen molar-refractivity contribution < 1.29 is 0 Å². The number of aromatic nitrogens is 5. The minimum Gasteiger partial charge on any atom is -0.370 e. The van der Waals surface area contributed by atoms with E-state index in [0.29, 0.717) is 6.54 Å². The van der Waals surface area contributed by atoms with Gasteiger partial charge >= 0.3 is 0 Å². The van der Waals surface area contributed by atoms with E-state index in [1.165, 1.54) is 0 Å². The molecule has 0 saturated carbocycles. The summed E-state index contributed by atoms with van der Waals surface area (Å²) >= 11 is 0. The van der Waals surface area contributed by atoms with Crippen molar-refractivity contribution in [2.24, 2.45) is 5.73 Å². The summed E-state index contributed by atoms with van der Waals surface area (Å²) in [7, 11) is 0. The average Bonchev–Trinajstić information content (AvgIpc) is 3.12. The van der Waals surface area contributed by atoms with Crippen LogP contribution in [-0.2, 0) is 0 Å². The standard InChI is InChI=1S/C19H19N7/c20-7-3-9-22-18-6-1-5-15(24-18)19-14-10-16(13-4-2-8-21-11-13)23-12-17(14)25-26-19/h1-2,4-6,8,10-12H,3,7,9,20H2,(H,22,24)(H,25,26). The molecular formula is C19H19N7. The highest BCUT2D eigenvalue weighted by Gasteiger charge is 2.12. The largest absolute Gasteiger partial charge is 0.370 e. The third-order valence-corrected chi connectivity index (χ3v) is 4.08. The second kappa shape index (κ2) is 7.28. The van der Waals surface area contributed by atoms with Gasteiger partial charge in [-0.25, -0.2) is 4.98 Å². The molecule has 4 rings (SSSR count). The van der Waals surface area contributed by atoms with Crippen LogP contribution in [0.5, 0.6) is 0 Å². The molecule has 26 heavy (non-hydrogen) atoms. The molecule has 0 spiro atoms. The van der Waals surface area contributed by atoms with Crippen LogP contribution >= 0.6 is 0 Å². The molecule has 4 N–H and O–H groups in total. The van der Waals surface area contributed by atoms with Gasteiger partial charge in [-0.15, -0.1) is 0 Å². The number of nitrogens with zero attached hydrogens (tertiary/aromatic N) is 4. The fourth-order valence-electron chi connectivity index (χ4n) is 2.77. The van der Waals surface area contributed by atoms with Crippen LogP contribution in [0.1, 0.15) is 6.42 Å². The molecule has 130 valence electrons. The SMILES string of the molecule is NCCCNc1cccc(-c2n[nH]c3cnc(-c4cccnc4)cc23)n1. The topological polar surface area (TPSA) is 105 Å². The van der Waals surface area contributed by atoms with Crippen molar-refractivity contribution in [3.63, 3.8) is 0 Å². The molecule has 0 aliphatic carbocycles. The van der Waals surface area contributed by atoms with Crippen molar-refractivity contribution in [1.29, 1.82) is 0 Å². The van der Waals surface area contributed by atoms with Crippen LogP contribution in [0.15, 0.2) is 55.0 Å². The Bertz CT molecular complexity index is 1010. The normalized spacial score (nSPS) is 11.0. The summed E-state index contributed by atoms with van der Waals surface area (Å²) in [5.74, 6) is 0.814. The lowest BCUT2D eigenvalue weighted by atomic mass is 10.1. The molecule has 4 aromatic heterocycles. The van der Waals surface area contributed by atoms with Crippen LogP contribution in [-0.4, -0.2) is 38.2 Å². The van der Waals surface area contributed by atoms with Crippen LogP contribution in [0.2, 0.25) is 0 Å². The Labute approximate surface area is 150 Å². The zero-order valence-electron chi connectivity index (χ0n) is 14.2. The van der Waals surface area contributed by atoms with E-state index in [2.05, 4.69) is 30.5 Å². The third-order valence-electron chi connectivity index (χ3n) is 4.08. The van der Waals surface area contributed by atoms with Crippen LogP contribution in [0, 0.1) is 0 Å². The molecule has 0 fully saturated rings. The van der Waals surface area contributed by atoms with E-state index in [1.807, 2.05) is 36.4 Å². The molecule has 0 unspecified atom stereocenters. The summed E-state index contributed by atoms with van der Waals surface area (Å²) < 4.78 is 0. The average molecular weight is 345 g/mol. The maximum atomic E-state index is 5.54. The number of hydrogen-bond donors (Lipinski definition) is 3. The fourth-order valence-corrected chi connectivity index (χ4v) is 2.77. The fraction of sp³-hybridized carbons (Fsp3) is 0.158. The van der Waals surface area contributed by atoms with Crippen molar-refractivity contribution in [3.05, 3.63) is 55.0 Å². The summed E-state index contributed by atoms with van der Waals surface area (Å²) in [5, 5.41) is 11.7. The number of nitrogens with one attached hydrogen (secondary N) is 2. The minimum atomic E-state index is 0.654. The number of pyridine rings is 3. The number of aromatic amines is 1. The summed E-state index contributed by atoms with van der Waals surface area (Å²) in [6.07, 6.45) is 6.24. The highest BCUT2D eigenvalue weighted by molar-refractivity contribution is 5.93. The number of anilines is 1. The second-order valence-corrected chi connectivity index (χ2v) is 5.91. The van der Waals surface area contributed by atoms with Crippen molar-refractivity contribution in [2.75, 3.05) is 18.4 Å². The van der Waals surface area contributed by atoms with Gasteiger partial charge in [-0.3, -0.25) is 15.1 Å². The van der Waals surface area contributed by atoms with Gasteiger partial charge in [-0.05, 0) is 43.3 Å². The lowest BCUT2D eigenvalue weighted by molar-refractivity contribution is 0.870. The predicted octanol–water partition coefficient (Wildman–Crippen LogP) is 2.84. The van der Waals surface area contributed by atoms with Gasteiger partial charge in [0.2, 0.25) is 0 Å². The quantitative estimate of drug-likeness (QED) is 0.464. The summed E-state index contributed by atoms with van der Waals surface area (Å²) in [4.78, 5) is 13.3. The van der Waals surface area contributed by atoms with Gasteiger partial charge < -0.3 is 11.1 Å². The van der Waals surface area contributed by atoms with Gasteiger partial charge in [0.1, 0.15) is 11.5 Å². The van der Waals surface area contributed by atoms with Crippen LogP contribution in [0.25, 0.3) is 33.5 Å². The maximum absolute atomic E-state index is 5.54. The Morgan fingerprint density at radius 1 is 1.08 bits per heavy atom. The van der Waals surface area contributed by atoms with E-state index < -0.39 is 0 Å². The zero-order valence-corrected chi connectivity index (χ0v) is 14.2. The molecule has 0 radical (unpaired) electrons. The predicted molar refractivity (Wildman–Crippen MR) is 103 cm³/mol. The van der Waals surface area contributed by atoms with E-state index in [0.717, 1.165) is 52.3 Å². The van der Waals surface area contributed by atoms with Crippen molar-refractivity contribution in [2.45, 2.75) is 6.42 Å². The lowest BCUT2D eigenvalue weighted by Crippen LogP contribution is -2.09. The third kappa shape index (κ3) is 3.25. The highest BCUT2D eigenvalue weighted by atomic mass is 15.1. The first-order chi connectivity index (χ1) is 12.8. The number of hydrogen-bond acceptors (Lipinski definition) is 6. The maximum Gasteiger partial charge on any atom is 0.126 e. The van der Waals surface area contributed by atoms with Gasteiger partial charge in [0.05, 0.1) is 23.1 Å². The molecule has 7 nitrogen and oxygen atoms in total. The van der Waals surface area contributed by atoms with Crippen molar-refractivity contribution >= 4 is 16.7 Å². The van der Waals surface area contributed by atoms with E-state index in [1.54, 1.807) is 18.6 Å². The molecule has 0 aliphatic heterocycles. The van der Waals surface area contributed by atoms with Gasteiger partial charge in [0.15, 0.2) is 0 Å². The Kier molecular flexibility index (Phi) is 4.53. The van der Waals surface area contributed by atoms with Gasteiger partial charge in [0.25, 0.3) is 0 Å². The molecule has 0 saturated heterocycles. The van der Waals surface area contributed by atoms with Gasteiger partial charge in [0, 0.05) is 29.9 Å². The monoisotopic (exact) mass is 345 g/mol. The van der Waals surface area contributed by atoms with E-state index in [4.69, 9.17) is 5.73 Å². The van der Waals surface area contributed by atoms with E-state index in [9.17, 15) is 0 Å². The van der Waals surface area contributed by atoms with Crippen LogP contribution in [0.3, 0.4) is 0 Å². The Morgan fingerprint density at radius 3 is 2.88 bits per heavy atom. The molecule has 0 amide bonds. The number of nitrogens with two attached hydrogens (primary N) is 1. The summed E-state index contributed by atoms with van der Waals surface area (Å²) in [6, 6.07) is 11.8. The minimum absolute atomic E-state index is 0.654. The number of fused-ring (bicyclic) bond motifs is 1. The van der Waals surface area contributed by atoms with Crippen molar-refractivity contribution in [3.8, 4) is 22.6 Å². The first-order valence-corrected chi connectivity index (χ1v) is 8.51. The molecule has 0 aromatic carbocycles. The second-order valence-electron chi connectivity index (χ2n) is 5.91. The first-order valence-electron chi connectivity index (χ1n) is 8.51. The molecule has 4 heterocycles. The molecular weight excluding hydrogens is 326 g/mol. The van der Waals surface area contributed by atoms with Crippen LogP contribution in [0.4, 0.5) is 5.82 Å². The number of rotatable bonds is 6. The van der Waals surface area contributed by atoms with E-state index in [-0.39, 0.29) is 0 Å². The molecule has 7 heteroatoms. The summed E-state index contributed by atoms with van der Waals surface area (Å²) in [6.45, 7) is 1.45. The summed E-state index contributed by atoms with van der Waals surface area (Å²) in [5.41, 5.74) is 9.83. The van der Waals surface area contributed by atoms with E-state index >= 15 is 0 Å². The molecule has 0 atom stereocenters. The first kappa shape index (κ1) is 16.2. The smallest absolute Gasteiger partial charge is 0.126 e. The van der Waals surface area contributed by atoms with Crippen LogP contribution < -0.4 is 11.1 Å². The molecule has 4 aromatic rings. The number of H-pyrrole nitrogens is 1. The molecule has 0 aliphatic rings. The van der Waals surface area contributed by atoms with Gasteiger partial charge in [-0.1, -0.05) is 6.07 Å². The Balaban J connectivity index is 1.72. The lowest BCUT2D eigenvalue weighted by Gasteiger charge is -2.06. The van der Waals surface area contributed by atoms with Gasteiger partial charge in [-0.2, -0.15) is 5.10 Å². The molecule has 0 bridgehead atoms.